The molecular weight excluding hydrogens is 604 g/mol. The fourth-order valence-electron chi connectivity index (χ4n) is 4.27. The Morgan fingerprint density at radius 1 is 1.07 bits per heavy atom. The number of methoxy groups -OCH3 is 1. The number of alkyl halides is 5. The summed E-state index contributed by atoms with van der Waals surface area (Å²) in [6.45, 7) is 1.05. The van der Waals surface area contributed by atoms with Gasteiger partial charge in [0.05, 0.1) is 35.7 Å². The largest absolute Gasteiger partial charge is 0.494 e. The number of rotatable bonds is 8. The van der Waals surface area contributed by atoms with Crippen LogP contribution < -0.4 is 10.1 Å². The quantitative estimate of drug-likeness (QED) is 0.194. The van der Waals surface area contributed by atoms with E-state index in [4.69, 9.17) is 16.3 Å². The van der Waals surface area contributed by atoms with E-state index in [0.29, 0.717) is 0 Å². The third kappa shape index (κ3) is 6.38. The summed E-state index contributed by atoms with van der Waals surface area (Å²) in [5, 5.41) is 23.6. The van der Waals surface area contributed by atoms with Crippen molar-refractivity contribution in [3.63, 3.8) is 0 Å². The van der Waals surface area contributed by atoms with Gasteiger partial charge in [-0.25, -0.2) is 18.2 Å². The van der Waals surface area contributed by atoms with E-state index in [1.54, 1.807) is 0 Å². The molecule has 0 bridgehead atoms. The number of nitrogens with zero attached hydrogens (tertiary/aromatic N) is 2. The summed E-state index contributed by atoms with van der Waals surface area (Å²) >= 11 is 6.41. The Bertz CT molecular complexity index is 1680. The summed E-state index contributed by atoms with van der Waals surface area (Å²) in [4.78, 5) is 20.9. The van der Waals surface area contributed by atoms with Crippen molar-refractivity contribution in [1.29, 1.82) is 0 Å². The summed E-state index contributed by atoms with van der Waals surface area (Å²) in [6.07, 6.45) is -7.36. The van der Waals surface area contributed by atoms with Crippen LogP contribution in [-0.2, 0) is 11.2 Å². The average Bonchev–Trinajstić information content (AvgIpc) is 2.94. The first-order chi connectivity index (χ1) is 20.0. The number of carbonyl (C=O) groups excluding carboxylic acids is 1. The van der Waals surface area contributed by atoms with Crippen molar-refractivity contribution in [3.8, 4) is 17.0 Å². The summed E-state index contributed by atoms with van der Waals surface area (Å²) in [7, 11) is 1.23. The van der Waals surface area contributed by atoms with Gasteiger partial charge < -0.3 is 20.3 Å². The van der Waals surface area contributed by atoms with E-state index in [1.807, 2.05) is 5.32 Å². The number of aromatic nitrogens is 2. The lowest BCUT2D eigenvalue weighted by Crippen LogP contribution is -2.51. The van der Waals surface area contributed by atoms with Crippen molar-refractivity contribution in [2.24, 2.45) is 0 Å². The van der Waals surface area contributed by atoms with Crippen LogP contribution in [0.25, 0.3) is 22.2 Å². The maximum Gasteiger partial charge on any atom is 0.424 e. The van der Waals surface area contributed by atoms with E-state index in [0.717, 1.165) is 42.6 Å². The number of fused-ring (bicyclic) bond motifs is 1. The molecule has 228 valence electrons. The minimum Gasteiger partial charge on any atom is -0.494 e. The second-order valence-corrected chi connectivity index (χ2v) is 10.5. The van der Waals surface area contributed by atoms with Crippen LogP contribution >= 0.6 is 11.6 Å². The van der Waals surface area contributed by atoms with Gasteiger partial charge in [0.15, 0.2) is 0 Å². The van der Waals surface area contributed by atoms with Crippen molar-refractivity contribution in [3.05, 3.63) is 88.0 Å². The highest BCUT2D eigenvalue weighted by molar-refractivity contribution is 6.34. The summed E-state index contributed by atoms with van der Waals surface area (Å²) in [5.74, 6) is -1.76. The molecule has 2 aromatic carbocycles. The second kappa shape index (κ2) is 11.6. The molecule has 43 heavy (non-hydrogen) atoms. The van der Waals surface area contributed by atoms with E-state index in [9.17, 15) is 41.4 Å². The zero-order valence-corrected chi connectivity index (χ0v) is 23.5. The first-order valence-electron chi connectivity index (χ1n) is 12.5. The molecule has 4 aromatic rings. The van der Waals surface area contributed by atoms with E-state index in [2.05, 4.69) is 9.97 Å². The minimum absolute atomic E-state index is 0.00678. The number of ether oxygens (including phenoxy) is 1. The Balaban J connectivity index is 1.78. The standard InChI is InChI=1S/C29H24ClF6N3O4/c1-27(2,41)19-11-21(39-24(22(19)30)14-4-6-18(31)7-5-14)28(42,29(34,35)36)13-38-26(40)16-8-15-9-17(25(32)33)12-37-23(15)20(10-16)43-3/h4-12,25,41-42H,13H2,1-3H3,(H,38,40). The van der Waals surface area contributed by atoms with Gasteiger partial charge in [-0.1, -0.05) is 11.6 Å². The lowest BCUT2D eigenvalue weighted by Gasteiger charge is -2.32. The highest BCUT2D eigenvalue weighted by Crippen LogP contribution is 2.43. The maximum absolute atomic E-state index is 14.5. The molecule has 0 fully saturated rings. The van der Waals surface area contributed by atoms with Crippen LogP contribution in [0.2, 0.25) is 5.02 Å². The van der Waals surface area contributed by atoms with E-state index in [1.165, 1.54) is 33.1 Å². The van der Waals surface area contributed by atoms with Crippen molar-refractivity contribution < 1.29 is 46.1 Å². The van der Waals surface area contributed by atoms with E-state index < -0.39 is 53.3 Å². The molecule has 0 aliphatic heterocycles. The predicted octanol–water partition coefficient (Wildman–Crippen LogP) is 6.44. The molecular formula is C29H24ClF6N3O4. The summed E-state index contributed by atoms with van der Waals surface area (Å²) in [6, 6.07) is 8.58. The number of carbonyl (C=O) groups is 1. The monoisotopic (exact) mass is 627 g/mol. The number of benzene rings is 2. The van der Waals surface area contributed by atoms with Crippen LogP contribution in [0.1, 0.15) is 47.5 Å². The molecule has 0 aliphatic rings. The van der Waals surface area contributed by atoms with Crippen LogP contribution in [0.3, 0.4) is 0 Å². The third-order valence-corrected chi connectivity index (χ3v) is 7.02. The van der Waals surface area contributed by atoms with Crippen molar-refractivity contribution >= 4 is 28.4 Å². The van der Waals surface area contributed by atoms with Gasteiger partial charge in [0.25, 0.3) is 12.3 Å². The SMILES string of the molecule is COc1cc(C(=O)NCC(O)(c2cc(C(C)(C)O)c(Cl)c(-c3ccc(F)cc3)n2)C(F)(F)F)cc2cc(C(F)F)cnc12. The Labute approximate surface area is 246 Å². The van der Waals surface area contributed by atoms with Crippen LogP contribution in [0.4, 0.5) is 26.3 Å². The Morgan fingerprint density at radius 2 is 1.72 bits per heavy atom. The van der Waals surface area contributed by atoms with Gasteiger partial charge in [0, 0.05) is 33.8 Å². The van der Waals surface area contributed by atoms with Gasteiger partial charge in [-0.3, -0.25) is 9.78 Å². The van der Waals surface area contributed by atoms with Gasteiger partial charge in [-0.2, -0.15) is 13.2 Å². The number of nitrogens with one attached hydrogen (secondary N) is 1. The lowest BCUT2D eigenvalue weighted by atomic mass is 9.90. The predicted molar refractivity (Wildman–Crippen MR) is 145 cm³/mol. The summed E-state index contributed by atoms with van der Waals surface area (Å²) in [5.41, 5.74) is -7.65. The average molecular weight is 628 g/mol. The number of hydrogen-bond acceptors (Lipinski definition) is 6. The third-order valence-electron chi connectivity index (χ3n) is 6.64. The van der Waals surface area contributed by atoms with Crippen molar-refractivity contribution in [1.82, 2.24) is 15.3 Å². The van der Waals surface area contributed by atoms with Crippen LogP contribution in [-0.4, -0.2) is 45.9 Å². The Kier molecular flexibility index (Phi) is 8.65. The first-order valence-corrected chi connectivity index (χ1v) is 12.9. The smallest absolute Gasteiger partial charge is 0.424 e. The first kappa shape index (κ1) is 32.0. The van der Waals surface area contributed by atoms with Crippen LogP contribution in [0, 0.1) is 5.82 Å². The maximum atomic E-state index is 14.5. The van der Waals surface area contributed by atoms with Gasteiger partial charge in [-0.05, 0) is 62.4 Å². The summed E-state index contributed by atoms with van der Waals surface area (Å²) < 4.78 is 88.7. The molecule has 7 nitrogen and oxygen atoms in total. The molecule has 0 saturated heterocycles. The molecule has 0 radical (unpaired) electrons. The van der Waals surface area contributed by atoms with E-state index >= 15 is 0 Å². The molecule has 3 N–H and O–H groups in total. The van der Waals surface area contributed by atoms with Gasteiger partial charge in [0.2, 0.25) is 5.60 Å². The molecule has 14 heteroatoms. The minimum atomic E-state index is -5.42. The highest BCUT2D eigenvalue weighted by Gasteiger charge is 2.57. The van der Waals surface area contributed by atoms with Crippen LogP contribution in [0.5, 0.6) is 5.75 Å². The zero-order valence-electron chi connectivity index (χ0n) is 22.7. The fourth-order valence-corrected chi connectivity index (χ4v) is 4.71. The van der Waals surface area contributed by atoms with Crippen molar-refractivity contribution in [2.45, 2.75) is 37.7 Å². The highest BCUT2D eigenvalue weighted by atomic mass is 35.5. The molecule has 1 unspecified atom stereocenters. The second-order valence-electron chi connectivity index (χ2n) is 10.1. The molecule has 0 spiro atoms. The van der Waals surface area contributed by atoms with E-state index in [-0.39, 0.29) is 44.1 Å². The molecule has 0 saturated carbocycles. The molecule has 4 rings (SSSR count). The molecule has 2 heterocycles. The number of amides is 1. The number of hydrogen-bond donors (Lipinski definition) is 3. The lowest BCUT2D eigenvalue weighted by molar-refractivity contribution is -0.265. The molecule has 1 amide bonds. The van der Waals surface area contributed by atoms with Crippen LogP contribution in [0.15, 0.2) is 54.7 Å². The zero-order chi connectivity index (χ0) is 31.9. The van der Waals surface area contributed by atoms with Crippen molar-refractivity contribution in [2.75, 3.05) is 13.7 Å². The van der Waals surface area contributed by atoms with Gasteiger partial charge >= 0.3 is 6.18 Å². The number of halogens is 7. The Hall–Kier alpha value is -3.94. The van der Waals surface area contributed by atoms with Gasteiger partial charge in [0.1, 0.15) is 17.1 Å². The molecule has 2 aromatic heterocycles. The fraction of sp³-hybridized carbons (Fsp3) is 0.276. The van der Waals surface area contributed by atoms with Gasteiger partial charge in [-0.15, -0.1) is 0 Å². The number of pyridine rings is 2. The number of aliphatic hydroxyl groups is 2. The molecule has 0 aliphatic carbocycles. The normalized spacial score (nSPS) is 13.7. The Morgan fingerprint density at radius 3 is 2.28 bits per heavy atom. The molecule has 1 atom stereocenters. The topological polar surface area (TPSA) is 105 Å².